The van der Waals surface area contributed by atoms with E-state index in [1.807, 2.05) is 57.2 Å². The summed E-state index contributed by atoms with van der Waals surface area (Å²) >= 11 is 0. The van der Waals surface area contributed by atoms with Gasteiger partial charge in [-0.1, -0.05) is 38.1 Å². The first kappa shape index (κ1) is 22.1. The van der Waals surface area contributed by atoms with Crippen LogP contribution in [0.15, 0.2) is 40.8 Å². The molecule has 1 aliphatic heterocycles. The summed E-state index contributed by atoms with van der Waals surface area (Å²) < 4.78 is 11.3. The van der Waals surface area contributed by atoms with Crippen LogP contribution >= 0.6 is 0 Å². The molecule has 170 valence electrons. The largest absolute Gasteiger partial charge is 0.493 e. The molecule has 0 spiro atoms. The number of ether oxygens (including phenoxy) is 1. The molecule has 32 heavy (non-hydrogen) atoms. The normalized spacial score (nSPS) is 22.3. The number of nitrogens with one attached hydrogen (secondary N) is 1. The molecular formula is C25H30N2O5. The fourth-order valence-electron chi connectivity index (χ4n) is 4.72. The number of hydrogen-bond acceptors (Lipinski definition) is 5. The van der Waals surface area contributed by atoms with Gasteiger partial charge in [-0.3, -0.25) is 19.3 Å². The Labute approximate surface area is 187 Å². The van der Waals surface area contributed by atoms with Crippen molar-refractivity contribution < 1.29 is 23.5 Å². The van der Waals surface area contributed by atoms with Crippen LogP contribution in [0.2, 0.25) is 0 Å². The number of carbonyl (C=O) groups is 3. The van der Waals surface area contributed by atoms with E-state index in [0.717, 1.165) is 5.39 Å². The topological polar surface area (TPSA) is 88.9 Å². The van der Waals surface area contributed by atoms with E-state index in [-0.39, 0.29) is 35.5 Å². The fourth-order valence-corrected chi connectivity index (χ4v) is 4.72. The Morgan fingerprint density at radius 1 is 1.16 bits per heavy atom. The van der Waals surface area contributed by atoms with Crippen LogP contribution in [0.3, 0.4) is 0 Å². The summed E-state index contributed by atoms with van der Waals surface area (Å²) in [6.07, 6.45) is 5.42. The van der Waals surface area contributed by atoms with E-state index < -0.39 is 12.1 Å². The van der Waals surface area contributed by atoms with Crippen LogP contribution < -0.4 is 10.1 Å². The molecule has 1 aromatic carbocycles. The van der Waals surface area contributed by atoms with Crippen molar-refractivity contribution >= 4 is 28.7 Å². The molecule has 0 radical (unpaired) electrons. The number of hydrogen-bond donors (Lipinski definition) is 1. The molecule has 1 fully saturated rings. The van der Waals surface area contributed by atoms with Crippen LogP contribution in [0.1, 0.15) is 51.8 Å². The van der Waals surface area contributed by atoms with Crippen molar-refractivity contribution in [3.8, 4) is 5.75 Å². The third-order valence-electron chi connectivity index (χ3n) is 6.38. The van der Waals surface area contributed by atoms with E-state index >= 15 is 0 Å². The highest BCUT2D eigenvalue weighted by Gasteiger charge is 2.51. The molecule has 7 nitrogen and oxygen atoms in total. The maximum atomic E-state index is 13.3. The van der Waals surface area contributed by atoms with Gasteiger partial charge in [-0.25, -0.2) is 0 Å². The number of para-hydroxylation sites is 1. The average Bonchev–Trinajstić information content (AvgIpc) is 3.32. The lowest BCUT2D eigenvalue weighted by atomic mass is 9.85. The van der Waals surface area contributed by atoms with Gasteiger partial charge in [0.05, 0.1) is 25.0 Å². The van der Waals surface area contributed by atoms with Crippen LogP contribution in [0.25, 0.3) is 11.0 Å². The number of nitrogens with zero attached hydrogens (tertiary/aromatic N) is 1. The third-order valence-corrected chi connectivity index (χ3v) is 6.38. The molecule has 7 heteroatoms. The number of imide groups is 1. The number of likely N-dealkylation sites (tertiary alicyclic amines) is 1. The van der Waals surface area contributed by atoms with E-state index in [1.54, 1.807) is 7.11 Å². The van der Waals surface area contributed by atoms with Crippen molar-refractivity contribution in [2.45, 2.75) is 52.1 Å². The molecule has 2 heterocycles. The number of benzene rings is 1. The second-order valence-electron chi connectivity index (χ2n) is 9.11. The van der Waals surface area contributed by atoms with Crippen LogP contribution in [-0.4, -0.2) is 35.8 Å². The first-order valence-corrected chi connectivity index (χ1v) is 11.2. The second kappa shape index (κ2) is 8.81. The number of rotatable bonds is 7. The number of methoxy groups -OCH3 is 1. The molecule has 4 unspecified atom stereocenters. The fraction of sp³-hybridized carbons (Fsp3) is 0.480. The second-order valence-corrected chi connectivity index (χ2v) is 9.11. The number of carbonyl (C=O) groups excluding carboxylic acids is 3. The van der Waals surface area contributed by atoms with E-state index in [0.29, 0.717) is 36.4 Å². The van der Waals surface area contributed by atoms with Crippen LogP contribution in [0, 0.1) is 17.8 Å². The van der Waals surface area contributed by atoms with Crippen molar-refractivity contribution in [2.75, 3.05) is 7.11 Å². The van der Waals surface area contributed by atoms with E-state index in [1.165, 1.54) is 4.90 Å². The minimum Gasteiger partial charge on any atom is -0.493 e. The summed E-state index contributed by atoms with van der Waals surface area (Å²) in [5, 5.41) is 3.84. The highest BCUT2D eigenvalue weighted by atomic mass is 16.5. The summed E-state index contributed by atoms with van der Waals surface area (Å²) in [5.74, 6) is -0.166. The first-order chi connectivity index (χ1) is 15.3. The summed E-state index contributed by atoms with van der Waals surface area (Å²) in [6, 6.07) is 6.20. The van der Waals surface area contributed by atoms with E-state index in [9.17, 15) is 14.4 Å². The van der Waals surface area contributed by atoms with Crippen molar-refractivity contribution in [1.82, 2.24) is 10.2 Å². The lowest BCUT2D eigenvalue weighted by Gasteiger charge is -2.28. The number of fused-ring (bicyclic) bond motifs is 2. The predicted octanol–water partition coefficient (Wildman–Crippen LogP) is 3.98. The average molecular weight is 439 g/mol. The van der Waals surface area contributed by atoms with Gasteiger partial charge in [0.25, 0.3) is 0 Å². The Bertz CT molecular complexity index is 1040. The van der Waals surface area contributed by atoms with Crippen LogP contribution in [0.5, 0.6) is 5.75 Å². The summed E-state index contributed by atoms with van der Waals surface area (Å²) in [7, 11) is 1.58. The van der Waals surface area contributed by atoms with Crippen molar-refractivity contribution in [3.05, 3.63) is 42.2 Å². The standard InChI is InChI=1S/C25H30N2O5/c1-14(2)12-19(27-24(29)17-9-5-6-10-18(17)25(27)30)23(28)26-15(3)21-13-16-8-7-11-20(31-4)22(16)32-21/h5-8,11,13-15,17-19H,9-10,12H2,1-4H3,(H,26,28). The molecule has 4 atom stereocenters. The van der Waals surface area contributed by atoms with Gasteiger partial charge in [0.2, 0.25) is 17.7 Å². The minimum absolute atomic E-state index is 0.137. The molecule has 2 aromatic rings. The number of furan rings is 1. The Hall–Kier alpha value is -3.09. The zero-order chi connectivity index (χ0) is 23.0. The van der Waals surface area contributed by atoms with Gasteiger partial charge >= 0.3 is 0 Å². The smallest absolute Gasteiger partial charge is 0.243 e. The monoisotopic (exact) mass is 438 g/mol. The lowest BCUT2D eigenvalue weighted by Crippen LogP contribution is -2.51. The zero-order valence-electron chi connectivity index (χ0n) is 19.0. The van der Waals surface area contributed by atoms with E-state index in [2.05, 4.69) is 5.32 Å². The number of amides is 3. The highest BCUT2D eigenvalue weighted by molar-refractivity contribution is 6.08. The predicted molar refractivity (Wildman–Crippen MR) is 120 cm³/mol. The first-order valence-electron chi connectivity index (χ1n) is 11.2. The Morgan fingerprint density at radius 3 is 2.41 bits per heavy atom. The molecule has 1 N–H and O–H groups in total. The van der Waals surface area contributed by atoms with Gasteiger partial charge in [-0.05, 0) is 44.2 Å². The van der Waals surface area contributed by atoms with Gasteiger partial charge in [0.1, 0.15) is 11.8 Å². The quantitative estimate of drug-likeness (QED) is 0.522. The Balaban J connectivity index is 1.56. The van der Waals surface area contributed by atoms with Gasteiger partial charge in [-0.2, -0.15) is 0 Å². The summed E-state index contributed by atoms with van der Waals surface area (Å²) in [6.45, 7) is 5.79. The molecule has 2 aliphatic rings. The minimum atomic E-state index is -0.832. The van der Waals surface area contributed by atoms with Crippen LogP contribution in [-0.2, 0) is 14.4 Å². The van der Waals surface area contributed by atoms with Crippen LogP contribution in [0.4, 0.5) is 0 Å². The molecule has 3 amide bonds. The maximum Gasteiger partial charge on any atom is 0.243 e. The summed E-state index contributed by atoms with van der Waals surface area (Å²) in [5.41, 5.74) is 0.617. The Morgan fingerprint density at radius 2 is 1.81 bits per heavy atom. The zero-order valence-corrected chi connectivity index (χ0v) is 19.0. The lowest BCUT2D eigenvalue weighted by molar-refractivity contribution is -0.148. The van der Waals surface area contributed by atoms with Gasteiger partial charge in [0, 0.05) is 5.39 Å². The molecule has 1 saturated heterocycles. The van der Waals surface area contributed by atoms with Gasteiger partial charge in [-0.15, -0.1) is 0 Å². The summed E-state index contributed by atoms with van der Waals surface area (Å²) in [4.78, 5) is 40.7. The molecule has 1 aromatic heterocycles. The van der Waals surface area contributed by atoms with E-state index in [4.69, 9.17) is 9.15 Å². The number of allylic oxidation sites excluding steroid dienone is 2. The maximum absolute atomic E-state index is 13.3. The molecule has 0 bridgehead atoms. The third kappa shape index (κ3) is 3.92. The SMILES string of the molecule is COc1cccc2cc(C(C)NC(=O)C(CC(C)C)N3C(=O)C4CC=CCC4C3=O)oc12. The Kier molecular flexibility index (Phi) is 6.09. The molecule has 4 rings (SSSR count). The van der Waals surface area contributed by atoms with Crippen molar-refractivity contribution in [2.24, 2.45) is 17.8 Å². The van der Waals surface area contributed by atoms with Gasteiger partial charge in [0.15, 0.2) is 11.3 Å². The van der Waals surface area contributed by atoms with Gasteiger partial charge < -0.3 is 14.5 Å². The van der Waals surface area contributed by atoms with Crippen molar-refractivity contribution in [3.63, 3.8) is 0 Å². The highest BCUT2D eigenvalue weighted by Crippen LogP contribution is 2.37. The molecule has 1 aliphatic carbocycles. The molecular weight excluding hydrogens is 408 g/mol. The van der Waals surface area contributed by atoms with Crippen molar-refractivity contribution in [1.29, 1.82) is 0 Å². The molecule has 0 saturated carbocycles.